The topological polar surface area (TPSA) is 17.1 Å². The van der Waals surface area contributed by atoms with Crippen molar-refractivity contribution in [1.82, 2.24) is 0 Å². The van der Waals surface area contributed by atoms with Crippen LogP contribution in [0.5, 0.6) is 0 Å². The Hall–Kier alpha value is 1.13. The molecule has 0 aromatic carbocycles. The standard InChI is InChI=1S/CO.Pb.Ru/c1-2;;. The third kappa shape index (κ3) is 11.1. The third-order valence-electron chi connectivity index (χ3n) is 0. The zero-order valence-corrected chi connectivity index (χ0v) is 7.39. The van der Waals surface area contributed by atoms with Crippen molar-refractivity contribution in [3.63, 3.8) is 0 Å². The number of carbonyl (C=O) groups excluding carboxylic acids is 1. The Morgan fingerprint density at radius 1 is 1.75 bits per heavy atom. The van der Waals surface area contributed by atoms with Crippen LogP contribution in [0.1, 0.15) is 0 Å². The summed E-state index contributed by atoms with van der Waals surface area (Å²) in [6.07, 6.45) is 0. The zero-order valence-electron chi connectivity index (χ0n) is 1.76. The first-order valence-electron chi connectivity index (χ1n) is 0.454. The number of hydrogen-bond acceptors (Lipinski definition) is 1. The van der Waals surface area contributed by atoms with Gasteiger partial charge in [0.2, 0.25) is 0 Å². The zero-order chi connectivity index (χ0) is 2.71. The van der Waals surface area contributed by atoms with Crippen LogP contribution in [0.4, 0.5) is 0 Å². The van der Waals surface area contributed by atoms with E-state index in [1.165, 1.54) is 0 Å². The Morgan fingerprint density at radius 2 is 1.75 bits per heavy atom. The monoisotopic (exact) mass is 338 g/mol. The van der Waals surface area contributed by atoms with E-state index in [0.29, 0.717) is 25.3 Å². The third-order valence-corrected chi connectivity index (χ3v) is 0. The predicted octanol–water partition coefficient (Wildman–Crippen LogP) is -0.780. The second-order valence-corrected chi connectivity index (χ2v) is 0.896. The molecule has 0 atom stereocenters. The Bertz CT molecular complexity index is 29.0. The van der Waals surface area contributed by atoms with Gasteiger partial charge in [0.05, 0.1) is 0 Å². The van der Waals surface area contributed by atoms with Crippen LogP contribution < -0.4 is 0 Å². The largest absolute Gasteiger partial charge is 0 e. The molecule has 1 nitrogen and oxygen atoms in total. The normalized spacial score (nSPS) is 2.00. The minimum Gasteiger partial charge on any atom is 0 e. The maximum Gasteiger partial charge on any atom is 0 e. The number of rotatable bonds is 0. The molecule has 0 saturated heterocycles. The van der Waals surface area contributed by atoms with Gasteiger partial charge in [0.1, 0.15) is 0 Å². The van der Waals surface area contributed by atoms with Crippen LogP contribution in [0.15, 0.2) is 0 Å². The molecular weight excluding hydrogens is 336 g/mol. The number of hydrogen-bond donors (Lipinski definition) is 0. The van der Waals surface area contributed by atoms with E-state index >= 15 is 0 Å². The summed E-state index contributed by atoms with van der Waals surface area (Å²) in [5.74, 6) is 0. The fourth-order valence-electron chi connectivity index (χ4n) is 0. The molecule has 0 spiro atoms. The first-order valence-corrected chi connectivity index (χ1v) is 2.40. The van der Waals surface area contributed by atoms with Crippen LogP contribution in [0.3, 0.4) is 0 Å². The Balaban J connectivity index is 0. The fraction of sp³-hybridized carbons (Fsp3) is 0. The van der Waals surface area contributed by atoms with Crippen LogP contribution in [-0.4, -0.2) is 28.7 Å². The van der Waals surface area contributed by atoms with Gasteiger partial charge in [-0.3, -0.25) is 0 Å². The molecule has 3 heteroatoms. The molecule has 0 heterocycles. The Labute approximate surface area is 52.7 Å². The summed E-state index contributed by atoms with van der Waals surface area (Å²) in [5, 5.41) is 0. The van der Waals surface area contributed by atoms with Crippen molar-refractivity contribution in [3.8, 4) is 0 Å². The van der Waals surface area contributed by atoms with E-state index in [1.54, 1.807) is 3.42 Å². The molecule has 22 valence electrons. The predicted molar refractivity (Wildman–Crippen MR) is 11.4 cm³/mol. The summed E-state index contributed by atoms with van der Waals surface area (Å²) in [4.78, 5) is 8.74. The molecule has 0 aliphatic carbocycles. The molecule has 0 aromatic rings. The second kappa shape index (κ2) is 8.92. The minimum absolute atomic E-state index is 0. The summed E-state index contributed by atoms with van der Waals surface area (Å²) in [6.45, 7) is 0. The Kier molecular flexibility index (Phi) is 19.9. The molecule has 0 rings (SSSR count). The van der Waals surface area contributed by atoms with Crippen molar-refractivity contribution in [1.29, 1.82) is 0 Å². The first-order chi connectivity index (χ1) is 1.41. The molecule has 4 heavy (non-hydrogen) atoms. The molecule has 0 aromatic heterocycles. The van der Waals surface area contributed by atoms with E-state index in [4.69, 9.17) is 4.79 Å². The summed E-state index contributed by atoms with van der Waals surface area (Å²) in [5.41, 5.74) is 0. The van der Waals surface area contributed by atoms with Gasteiger partial charge in [-0.1, -0.05) is 0 Å². The summed E-state index contributed by atoms with van der Waals surface area (Å²) >= 11 is 0.563. The van der Waals surface area contributed by atoms with Gasteiger partial charge in [0.25, 0.3) is 0 Å². The summed E-state index contributed by atoms with van der Waals surface area (Å²) in [7, 11) is 0. The van der Waals surface area contributed by atoms with Gasteiger partial charge in [-0.2, -0.15) is 0 Å². The molecule has 0 saturated carbocycles. The Morgan fingerprint density at radius 3 is 1.75 bits per heavy atom. The van der Waals surface area contributed by atoms with E-state index in [-0.39, 0.29) is 19.5 Å². The molecule has 0 aliphatic heterocycles. The van der Waals surface area contributed by atoms with Gasteiger partial charge >= 0.3 is 33.5 Å². The van der Waals surface area contributed by atoms with Gasteiger partial charge in [0, 0.05) is 19.5 Å². The van der Waals surface area contributed by atoms with Crippen molar-refractivity contribution in [2.75, 3.05) is 0 Å². The molecule has 0 amide bonds. The van der Waals surface area contributed by atoms with Crippen LogP contribution in [0, 0.1) is 0 Å². The van der Waals surface area contributed by atoms with E-state index in [2.05, 4.69) is 0 Å². The maximum atomic E-state index is 8.74. The minimum atomic E-state index is 0. The van der Waals surface area contributed by atoms with Crippen molar-refractivity contribution >= 4 is 28.7 Å². The second-order valence-electron chi connectivity index (χ2n) is 0.102. The van der Waals surface area contributed by atoms with Crippen molar-refractivity contribution in [2.45, 2.75) is 0 Å². The molecule has 0 fully saturated rings. The average molecular weight is 336 g/mol. The van der Waals surface area contributed by atoms with Gasteiger partial charge in [-0.05, 0) is 0 Å². The van der Waals surface area contributed by atoms with E-state index in [9.17, 15) is 0 Å². The van der Waals surface area contributed by atoms with Crippen LogP contribution >= 0.6 is 0 Å². The van der Waals surface area contributed by atoms with E-state index in [0.717, 1.165) is 0 Å². The van der Waals surface area contributed by atoms with Gasteiger partial charge < -0.3 is 0 Å². The van der Waals surface area contributed by atoms with Gasteiger partial charge in [-0.25, -0.2) is 0 Å². The van der Waals surface area contributed by atoms with E-state index < -0.39 is 0 Å². The molecule has 0 N–H and O–H groups in total. The van der Waals surface area contributed by atoms with Crippen LogP contribution in [-0.2, 0) is 24.3 Å². The molecule has 0 aliphatic rings. The smallest absolute Gasteiger partial charge is 0 e. The maximum absolute atomic E-state index is 8.74. The summed E-state index contributed by atoms with van der Waals surface area (Å²) < 4.78 is 1.64. The van der Waals surface area contributed by atoms with Crippen LogP contribution in [0.25, 0.3) is 0 Å². The van der Waals surface area contributed by atoms with Gasteiger partial charge in [0.15, 0.2) is 0 Å². The quantitative estimate of drug-likeness (QED) is 0.531. The first kappa shape index (κ1) is 8.93. The molecular formula is COPbRu. The average Bonchev–Trinajstić information content (AvgIpc) is 0.918. The van der Waals surface area contributed by atoms with E-state index in [1.807, 2.05) is 0 Å². The van der Waals surface area contributed by atoms with Crippen LogP contribution in [0.2, 0.25) is 0 Å². The van der Waals surface area contributed by atoms with Gasteiger partial charge in [-0.15, -0.1) is 0 Å². The van der Waals surface area contributed by atoms with Crippen molar-refractivity contribution in [2.24, 2.45) is 0 Å². The molecule has 0 unspecified atom stereocenters. The SMILES string of the molecule is O=[C]=[Pb].[Ru]. The molecule has 0 bridgehead atoms. The van der Waals surface area contributed by atoms with Crippen molar-refractivity contribution in [3.05, 3.63) is 0 Å². The molecule has 2 radical (unpaired) electrons. The van der Waals surface area contributed by atoms with Crippen molar-refractivity contribution < 1.29 is 24.3 Å². The summed E-state index contributed by atoms with van der Waals surface area (Å²) in [6, 6.07) is 0. The fourth-order valence-corrected chi connectivity index (χ4v) is 0.